The summed E-state index contributed by atoms with van der Waals surface area (Å²) in [4.78, 5) is 0. The third-order valence-corrected chi connectivity index (χ3v) is 4.63. The molecular formula is C15H21Cl2NO. The normalized spacial score (nSPS) is 24.6. The Morgan fingerprint density at radius 1 is 1.42 bits per heavy atom. The lowest BCUT2D eigenvalue weighted by atomic mass is 9.88. The molecule has 1 aromatic rings. The highest BCUT2D eigenvalue weighted by Gasteiger charge is 2.33. The molecule has 0 saturated carbocycles. The van der Waals surface area contributed by atoms with E-state index in [2.05, 4.69) is 25.2 Å². The molecule has 0 aliphatic carbocycles. The van der Waals surface area contributed by atoms with Crippen molar-refractivity contribution in [3.05, 3.63) is 33.8 Å². The van der Waals surface area contributed by atoms with Gasteiger partial charge in [-0.05, 0) is 37.9 Å². The van der Waals surface area contributed by atoms with Gasteiger partial charge in [0.15, 0.2) is 0 Å². The maximum absolute atomic E-state index is 6.38. The van der Waals surface area contributed by atoms with Crippen LogP contribution in [-0.2, 0) is 4.74 Å². The van der Waals surface area contributed by atoms with Crippen molar-refractivity contribution in [1.29, 1.82) is 0 Å². The van der Waals surface area contributed by atoms with Gasteiger partial charge in [0.1, 0.15) is 0 Å². The average Bonchev–Trinajstić information content (AvgIpc) is 2.81. The zero-order chi connectivity index (χ0) is 13.8. The van der Waals surface area contributed by atoms with E-state index in [1.807, 2.05) is 12.1 Å². The standard InChI is InChI=1S/C15H21Cl2NO/c1-3-8-18-15(11-7-9-19-10(11)2)12-5-4-6-13(16)14(12)17/h4-6,10-11,15,18H,3,7-9H2,1-2H3. The van der Waals surface area contributed by atoms with Gasteiger partial charge >= 0.3 is 0 Å². The Labute approximate surface area is 125 Å². The van der Waals surface area contributed by atoms with Gasteiger partial charge in [-0.3, -0.25) is 0 Å². The van der Waals surface area contributed by atoms with E-state index in [1.54, 1.807) is 0 Å². The fourth-order valence-corrected chi connectivity index (χ4v) is 3.16. The van der Waals surface area contributed by atoms with Crippen LogP contribution in [0.5, 0.6) is 0 Å². The van der Waals surface area contributed by atoms with Crippen LogP contribution >= 0.6 is 23.2 Å². The number of rotatable bonds is 5. The molecule has 1 N–H and O–H groups in total. The minimum Gasteiger partial charge on any atom is -0.378 e. The largest absolute Gasteiger partial charge is 0.378 e. The van der Waals surface area contributed by atoms with E-state index in [0.717, 1.165) is 31.6 Å². The van der Waals surface area contributed by atoms with Crippen LogP contribution in [0.4, 0.5) is 0 Å². The zero-order valence-electron chi connectivity index (χ0n) is 11.5. The summed E-state index contributed by atoms with van der Waals surface area (Å²) in [5, 5.41) is 4.89. The van der Waals surface area contributed by atoms with Crippen LogP contribution in [0.3, 0.4) is 0 Å². The Morgan fingerprint density at radius 3 is 2.84 bits per heavy atom. The van der Waals surface area contributed by atoms with Crippen molar-refractivity contribution in [2.45, 2.75) is 38.8 Å². The van der Waals surface area contributed by atoms with E-state index in [9.17, 15) is 0 Å². The van der Waals surface area contributed by atoms with Crippen LogP contribution in [0.15, 0.2) is 18.2 Å². The van der Waals surface area contributed by atoms with E-state index in [0.29, 0.717) is 16.0 Å². The van der Waals surface area contributed by atoms with Gasteiger partial charge in [0, 0.05) is 18.6 Å². The van der Waals surface area contributed by atoms with Gasteiger partial charge in [0.05, 0.1) is 16.1 Å². The lowest BCUT2D eigenvalue weighted by Crippen LogP contribution is -2.32. The quantitative estimate of drug-likeness (QED) is 0.867. The van der Waals surface area contributed by atoms with Crippen molar-refractivity contribution in [2.75, 3.05) is 13.2 Å². The van der Waals surface area contributed by atoms with Crippen LogP contribution in [0, 0.1) is 5.92 Å². The predicted molar refractivity (Wildman–Crippen MR) is 81.0 cm³/mol. The lowest BCUT2D eigenvalue weighted by Gasteiger charge is -2.28. The van der Waals surface area contributed by atoms with Gasteiger partial charge < -0.3 is 10.1 Å². The summed E-state index contributed by atoms with van der Waals surface area (Å²) in [5.41, 5.74) is 1.09. The van der Waals surface area contributed by atoms with Crippen molar-refractivity contribution in [2.24, 2.45) is 5.92 Å². The molecule has 3 unspecified atom stereocenters. The van der Waals surface area contributed by atoms with Crippen LogP contribution in [0.2, 0.25) is 10.0 Å². The topological polar surface area (TPSA) is 21.3 Å². The average molecular weight is 302 g/mol. The first-order valence-electron chi connectivity index (χ1n) is 6.94. The number of hydrogen-bond donors (Lipinski definition) is 1. The molecule has 1 heterocycles. The van der Waals surface area contributed by atoms with Gasteiger partial charge in [0.25, 0.3) is 0 Å². The van der Waals surface area contributed by atoms with Crippen LogP contribution in [-0.4, -0.2) is 19.3 Å². The Bertz CT molecular complexity index is 425. The Kier molecular flexibility index (Phi) is 5.52. The van der Waals surface area contributed by atoms with Gasteiger partial charge in [-0.25, -0.2) is 0 Å². The maximum Gasteiger partial charge on any atom is 0.0640 e. The van der Waals surface area contributed by atoms with E-state index in [1.165, 1.54) is 0 Å². The molecule has 1 aliphatic heterocycles. The number of hydrogen-bond acceptors (Lipinski definition) is 2. The van der Waals surface area contributed by atoms with Gasteiger partial charge in [-0.2, -0.15) is 0 Å². The van der Waals surface area contributed by atoms with E-state index in [4.69, 9.17) is 27.9 Å². The zero-order valence-corrected chi connectivity index (χ0v) is 13.0. The van der Waals surface area contributed by atoms with Gasteiger partial charge in [-0.15, -0.1) is 0 Å². The summed E-state index contributed by atoms with van der Waals surface area (Å²) in [6.45, 7) is 6.10. The lowest BCUT2D eigenvalue weighted by molar-refractivity contribution is 0.0954. The second-order valence-corrected chi connectivity index (χ2v) is 5.89. The first-order chi connectivity index (χ1) is 9.15. The number of nitrogens with one attached hydrogen (secondary N) is 1. The smallest absolute Gasteiger partial charge is 0.0640 e. The van der Waals surface area contributed by atoms with Crippen LogP contribution < -0.4 is 5.32 Å². The molecular weight excluding hydrogens is 281 g/mol. The molecule has 0 spiro atoms. The predicted octanol–water partition coefficient (Wildman–Crippen LogP) is 4.46. The molecule has 0 amide bonds. The molecule has 1 aromatic carbocycles. The van der Waals surface area contributed by atoms with Crippen molar-refractivity contribution in [3.8, 4) is 0 Å². The maximum atomic E-state index is 6.38. The molecule has 1 saturated heterocycles. The van der Waals surface area contributed by atoms with E-state index >= 15 is 0 Å². The van der Waals surface area contributed by atoms with Gasteiger partial charge in [0.2, 0.25) is 0 Å². The second kappa shape index (κ2) is 6.94. The Balaban J connectivity index is 2.28. The molecule has 2 nitrogen and oxygen atoms in total. The second-order valence-electron chi connectivity index (χ2n) is 5.10. The summed E-state index contributed by atoms with van der Waals surface area (Å²) in [6.07, 6.45) is 2.41. The Morgan fingerprint density at radius 2 is 2.21 bits per heavy atom. The first kappa shape index (κ1) is 15.1. The van der Waals surface area contributed by atoms with Crippen molar-refractivity contribution in [1.82, 2.24) is 5.32 Å². The molecule has 0 aromatic heterocycles. The molecule has 0 radical (unpaired) electrons. The number of benzene rings is 1. The minimum atomic E-state index is 0.212. The summed E-state index contributed by atoms with van der Waals surface area (Å²) < 4.78 is 5.70. The fourth-order valence-electron chi connectivity index (χ4n) is 2.74. The summed E-state index contributed by atoms with van der Waals surface area (Å²) in [6, 6.07) is 6.07. The molecule has 2 rings (SSSR count). The van der Waals surface area contributed by atoms with Crippen molar-refractivity contribution < 1.29 is 4.74 Å². The summed E-state index contributed by atoms with van der Waals surface area (Å²) in [7, 11) is 0. The van der Waals surface area contributed by atoms with Crippen molar-refractivity contribution >= 4 is 23.2 Å². The summed E-state index contributed by atoms with van der Waals surface area (Å²) in [5.74, 6) is 0.447. The third-order valence-electron chi connectivity index (χ3n) is 3.79. The fraction of sp³-hybridized carbons (Fsp3) is 0.600. The van der Waals surface area contributed by atoms with E-state index < -0.39 is 0 Å². The highest BCUT2D eigenvalue weighted by atomic mass is 35.5. The Hall–Kier alpha value is -0.280. The van der Waals surface area contributed by atoms with Crippen molar-refractivity contribution in [3.63, 3.8) is 0 Å². The number of ether oxygens (including phenoxy) is 1. The molecule has 1 fully saturated rings. The number of halogens is 2. The van der Waals surface area contributed by atoms with E-state index in [-0.39, 0.29) is 12.1 Å². The molecule has 4 heteroatoms. The monoisotopic (exact) mass is 301 g/mol. The first-order valence-corrected chi connectivity index (χ1v) is 7.69. The van der Waals surface area contributed by atoms with Crippen LogP contribution in [0.25, 0.3) is 0 Å². The molecule has 19 heavy (non-hydrogen) atoms. The third kappa shape index (κ3) is 3.43. The minimum absolute atomic E-state index is 0.212. The SMILES string of the molecule is CCCNC(c1cccc(Cl)c1Cl)C1CCOC1C. The molecule has 3 atom stereocenters. The molecule has 1 aliphatic rings. The molecule has 0 bridgehead atoms. The highest BCUT2D eigenvalue weighted by Crippen LogP contribution is 2.38. The van der Waals surface area contributed by atoms with Crippen LogP contribution in [0.1, 0.15) is 38.3 Å². The van der Waals surface area contributed by atoms with Gasteiger partial charge in [-0.1, -0.05) is 42.3 Å². The molecule has 106 valence electrons. The summed E-state index contributed by atoms with van der Waals surface area (Å²) >= 11 is 12.5. The highest BCUT2D eigenvalue weighted by molar-refractivity contribution is 6.42.